The average molecular weight is 394 g/mol. The van der Waals surface area contributed by atoms with Crippen molar-refractivity contribution < 1.29 is 28.7 Å². The molecule has 28 heavy (non-hydrogen) atoms. The van der Waals surface area contributed by atoms with Gasteiger partial charge in [0.2, 0.25) is 0 Å². The summed E-state index contributed by atoms with van der Waals surface area (Å²) in [7, 11) is 5.77. The minimum atomic E-state index is -1.22. The molecule has 0 N–H and O–H groups in total. The van der Waals surface area contributed by atoms with Crippen LogP contribution in [0, 0.1) is 19.3 Å². The number of nitrogens with zero attached hydrogens (tertiary/aromatic N) is 1. The zero-order chi connectivity index (χ0) is 21.5. The molecule has 0 saturated carbocycles. The first-order valence-corrected chi connectivity index (χ1v) is 9.71. The molecule has 0 saturated heterocycles. The molecule has 0 aliphatic rings. The number of aryl methyl sites for hydroxylation is 2. The average Bonchev–Trinajstić information content (AvgIpc) is 2.52. The Labute approximate surface area is 169 Å². The van der Waals surface area contributed by atoms with Gasteiger partial charge in [0.05, 0.1) is 33.2 Å². The second kappa shape index (κ2) is 9.92. The van der Waals surface area contributed by atoms with Crippen LogP contribution in [0.25, 0.3) is 0 Å². The van der Waals surface area contributed by atoms with Crippen molar-refractivity contribution >= 4 is 11.9 Å². The number of rotatable bonds is 11. The quantitative estimate of drug-likeness (QED) is 0.327. The van der Waals surface area contributed by atoms with Crippen molar-refractivity contribution in [3.63, 3.8) is 0 Å². The van der Waals surface area contributed by atoms with Gasteiger partial charge in [-0.25, -0.2) is 0 Å². The lowest BCUT2D eigenvalue weighted by Crippen LogP contribution is -2.46. The van der Waals surface area contributed by atoms with Crippen LogP contribution in [-0.2, 0) is 14.3 Å². The van der Waals surface area contributed by atoms with Crippen molar-refractivity contribution in [3.05, 3.63) is 29.3 Å². The van der Waals surface area contributed by atoms with Crippen LogP contribution in [0.3, 0.4) is 0 Å². The molecule has 1 aromatic carbocycles. The van der Waals surface area contributed by atoms with E-state index in [4.69, 9.17) is 9.47 Å². The van der Waals surface area contributed by atoms with Crippen molar-refractivity contribution in [1.29, 1.82) is 0 Å². The van der Waals surface area contributed by atoms with Crippen molar-refractivity contribution in [2.75, 3.05) is 34.3 Å². The Kier molecular flexibility index (Phi) is 8.48. The van der Waals surface area contributed by atoms with Gasteiger partial charge in [-0.1, -0.05) is 12.1 Å². The molecular weight excluding hydrogens is 358 g/mol. The summed E-state index contributed by atoms with van der Waals surface area (Å²) in [6.45, 7) is 8.56. The molecule has 0 amide bonds. The highest BCUT2D eigenvalue weighted by Crippen LogP contribution is 2.26. The Hall–Kier alpha value is -2.08. The smallest absolute Gasteiger partial charge is 0.312 e. The predicted molar refractivity (Wildman–Crippen MR) is 107 cm³/mol. The van der Waals surface area contributed by atoms with Gasteiger partial charge in [0.15, 0.2) is 6.10 Å². The number of quaternary nitrogens is 1. The summed E-state index contributed by atoms with van der Waals surface area (Å²) in [6.07, 6.45) is 0.269. The van der Waals surface area contributed by atoms with Gasteiger partial charge in [0.1, 0.15) is 12.3 Å². The first-order valence-electron chi connectivity index (χ1n) is 9.71. The van der Waals surface area contributed by atoms with E-state index in [2.05, 4.69) is 0 Å². The molecule has 1 rings (SSSR count). The largest absolute Gasteiger partial charge is 0.550 e. The van der Waals surface area contributed by atoms with Gasteiger partial charge in [-0.15, -0.1) is 0 Å². The molecule has 0 aromatic heterocycles. The highest BCUT2D eigenvalue weighted by Gasteiger charge is 2.32. The fraction of sp³-hybridized carbons (Fsp3) is 0.636. The van der Waals surface area contributed by atoms with E-state index in [-0.39, 0.29) is 12.4 Å². The number of aliphatic carboxylic acids is 1. The number of ether oxygens (including phenoxy) is 2. The van der Waals surface area contributed by atoms with Crippen LogP contribution < -0.4 is 9.84 Å². The van der Waals surface area contributed by atoms with Crippen LogP contribution in [0.5, 0.6) is 5.75 Å². The monoisotopic (exact) mass is 393 g/mol. The molecule has 0 bridgehead atoms. The fourth-order valence-electron chi connectivity index (χ4n) is 2.91. The number of hydrogen-bond acceptors (Lipinski definition) is 5. The molecule has 6 heteroatoms. The molecule has 1 aromatic rings. The van der Waals surface area contributed by atoms with Crippen molar-refractivity contribution in [2.45, 2.75) is 53.1 Å². The third-order valence-electron chi connectivity index (χ3n) is 4.52. The van der Waals surface area contributed by atoms with E-state index >= 15 is 0 Å². The lowest BCUT2D eigenvalue weighted by atomic mass is 9.88. The molecule has 0 radical (unpaired) electrons. The molecule has 1 atom stereocenters. The van der Waals surface area contributed by atoms with E-state index in [1.807, 2.05) is 67.0 Å². The molecule has 0 aliphatic carbocycles. The topological polar surface area (TPSA) is 75.7 Å². The minimum absolute atomic E-state index is 0.299. The van der Waals surface area contributed by atoms with Gasteiger partial charge in [-0.05, 0) is 57.7 Å². The van der Waals surface area contributed by atoms with Crippen LogP contribution in [0.15, 0.2) is 18.2 Å². The highest BCUT2D eigenvalue weighted by molar-refractivity contribution is 5.76. The first-order chi connectivity index (χ1) is 12.8. The van der Waals surface area contributed by atoms with Crippen LogP contribution in [0.4, 0.5) is 0 Å². The van der Waals surface area contributed by atoms with Gasteiger partial charge in [-0.3, -0.25) is 4.79 Å². The second-order valence-electron chi connectivity index (χ2n) is 9.18. The summed E-state index contributed by atoms with van der Waals surface area (Å²) >= 11 is 0. The maximum absolute atomic E-state index is 12.6. The van der Waals surface area contributed by atoms with Crippen LogP contribution in [0.1, 0.15) is 44.2 Å². The van der Waals surface area contributed by atoms with Gasteiger partial charge < -0.3 is 23.9 Å². The van der Waals surface area contributed by atoms with Gasteiger partial charge in [-0.2, -0.15) is 0 Å². The number of likely N-dealkylation sites (N-methyl/N-ethyl adjacent to an activating group) is 1. The van der Waals surface area contributed by atoms with Gasteiger partial charge in [0, 0.05) is 12.4 Å². The molecule has 1 unspecified atom stereocenters. The Morgan fingerprint density at radius 1 is 1.18 bits per heavy atom. The summed E-state index contributed by atoms with van der Waals surface area (Å²) < 4.78 is 11.9. The van der Waals surface area contributed by atoms with E-state index in [1.165, 1.54) is 0 Å². The number of hydrogen-bond donors (Lipinski definition) is 0. The number of carbonyl (C=O) groups is 2. The minimum Gasteiger partial charge on any atom is -0.550 e. The zero-order valence-corrected chi connectivity index (χ0v) is 18.3. The Morgan fingerprint density at radius 2 is 1.82 bits per heavy atom. The Morgan fingerprint density at radius 3 is 2.39 bits per heavy atom. The lowest BCUT2D eigenvalue weighted by Gasteiger charge is -2.31. The van der Waals surface area contributed by atoms with Crippen LogP contribution >= 0.6 is 0 Å². The Balaban J connectivity index is 2.58. The Bertz CT molecular complexity index is 676. The maximum Gasteiger partial charge on any atom is 0.312 e. The van der Waals surface area contributed by atoms with Crippen LogP contribution in [0.2, 0.25) is 0 Å². The molecule has 0 aliphatic heterocycles. The molecular formula is C22H35NO5. The number of carboxylic acid groups (broad SMARTS) is 1. The number of carboxylic acids is 1. The van der Waals surface area contributed by atoms with Crippen LogP contribution in [-0.4, -0.2) is 56.8 Å². The maximum atomic E-state index is 12.6. The van der Waals surface area contributed by atoms with Gasteiger partial charge in [0.25, 0.3) is 0 Å². The molecule has 0 fully saturated rings. The fourth-order valence-corrected chi connectivity index (χ4v) is 2.91. The van der Waals surface area contributed by atoms with Crippen molar-refractivity contribution in [2.24, 2.45) is 5.41 Å². The summed E-state index contributed by atoms with van der Waals surface area (Å²) in [5.41, 5.74) is 1.50. The zero-order valence-electron chi connectivity index (χ0n) is 18.3. The summed E-state index contributed by atoms with van der Waals surface area (Å²) in [6, 6.07) is 6.07. The lowest BCUT2D eigenvalue weighted by molar-refractivity contribution is -0.873. The molecule has 6 nitrogen and oxygen atoms in total. The highest BCUT2D eigenvalue weighted by atomic mass is 16.5. The third-order valence-corrected chi connectivity index (χ3v) is 4.52. The number of esters is 1. The molecule has 0 heterocycles. The van der Waals surface area contributed by atoms with E-state index < -0.39 is 17.5 Å². The number of benzene rings is 1. The molecule has 0 spiro atoms. The van der Waals surface area contributed by atoms with Crippen molar-refractivity contribution in [1.82, 2.24) is 0 Å². The summed E-state index contributed by atoms with van der Waals surface area (Å²) in [5, 5.41) is 11.0. The first kappa shape index (κ1) is 24.0. The molecule has 158 valence electrons. The van der Waals surface area contributed by atoms with Crippen molar-refractivity contribution in [3.8, 4) is 5.75 Å². The van der Waals surface area contributed by atoms with E-state index in [0.29, 0.717) is 30.5 Å². The third kappa shape index (κ3) is 8.74. The predicted octanol–water partition coefficient (Wildman–Crippen LogP) is 2.25. The number of carbonyl (C=O) groups excluding carboxylic acids is 2. The van der Waals surface area contributed by atoms with E-state index in [9.17, 15) is 14.7 Å². The standard InChI is InChI=1S/C22H35NO5/c1-16-9-10-17(2)19(13-16)27-12-8-11-22(3,4)21(26)28-18(14-20(24)25)15-23(5,6)7/h9-10,13,18H,8,11-12,14-15H2,1-7H3. The second-order valence-corrected chi connectivity index (χ2v) is 9.18. The van der Waals surface area contributed by atoms with E-state index in [1.54, 1.807) is 0 Å². The SMILES string of the molecule is Cc1ccc(C)c(OCCCC(C)(C)C(=O)OC(CC(=O)[O-])C[N+](C)(C)C)c1. The van der Waals surface area contributed by atoms with Gasteiger partial charge >= 0.3 is 5.97 Å². The van der Waals surface area contributed by atoms with E-state index in [0.717, 1.165) is 16.9 Å². The summed E-state index contributed by atoms with van der Waals surface area (Å²) in [4.78, 5) is 23.6. The normalized spacial score (nSPS) is 13.1. The summed E-state index contributed by atoms with van der Waals surface area (Å²) in [5.74, 6) is -0.748.